The maximum absolute atomic E-state index is 12.6. The topological polar surface area (TPSA) is 113 Å². The van der Waals surface area contributed by atoms with E-state index in [0.717, 1.165) is 38.5 Å². The Kier molecular flexibility index (Phi) is 5.69. The summed E-state index contributed by atoms with van der Waals surface area (Å²) >= 11 is 0. The Hall–Kier alpha value is -1.89. The van der Waals surface area contributed by atoms with Crippen LogP contribution in [0.15, 0.2) is 12.2 Å². The van der Waals surface area contributed by atoms with Gasteiger partial charge in [0.15, 0.2) is 0 Å². The maximum Gasteiger partial charge on any atom is 0.246 e. The Balaban J connectivity index is 1.49. The second-order valence-corrected chi connectivity index (χ2v) is 10.8. The van der Waals surface area contributed by atoms with Crippen LogP contribution in [-0.4, -0.2) is 53.5 Å². The average Bonchev–Trinajstić information content (AvgIpc) is 3.05. The van der Waals surface area contributed by atoms with Crippen molar-refractivity contribution in [2.24, 2.45) is 40.2 Å². The van der Waals surface area contributed by atoms with E-state index in [0.29, 0.717) is 24.2 Å². The van der Waals surface area contributed by atoms with Gasteiger partial charge in [-0.05, 0) is 73.7 Å². The first-order valence-corrected chi connectivity index (χ1v) is 11.8. The normalized spacial score (nSPS) is 42.4. The zero-order chi connectivity index (χ0) is 22.6. The number of nitrogens with one attached hydrogen (secondary N) is 1. The summed E-state index contributed by atoms with van der Waals surface area (Å²) in [6.07, 6.45) is 10.9. The summed E-state index contributed by atoms with van der Waals surface area (Å²) in [5.74, 6) is 1.27. The molecule has 0 aromatic rings. The van der Waals surface area contributed by atoms with E-state index < -0.39 is 18.6 Å². The van der Waals surface area contributed by atoms with E-state index in [9.17, 15) is 19.5 Å². The van der Waals surface area contributed by atoms with Gasteiger partial charge >= 0.3 is 0 Å². The first-order valence-electron chi connectivity index (χ1n) is 11.8. The number of aliphatic hydroxyl groups excluding tert-OH is 1. The van der Waals surface area contributed by atoms with Gasteiger partial charge in [-0.15, -0.1) is 0 Å². The summed E-state index contributed by atoms with van der Waals surface area (Å²) in [6, 6.07) is -0.732. The van der Waals surface area contributed by atoms with E-state index in [1.165, 1.54) is 0 Å². The lowest BCUT2D eigenvalue weighted by Crippen LogP contribution is -2.59. The largest absolute Gasteiger partial charge is 0.394 e. The molecular weight excluding hydrogens is 394 g/mol. The molecule has 0 spiro atoms. The molecule has 0 radical (unpaired) electrons. The van der Waals surface area contributed by atoms with Crippen LogP contribution in [0.2, 0.25) is 0 Å². The smallest absolute Gasteiger partial charge is 0.246 e. The van der Waals surface area contributed by atoms with Crippen LogP contribution in [0.3, 0.4) is 0 Å². The maximum atomic E-state index is 12.6. The quantitative estimate of drug-likeness (QED) is 0.613. The fourth-order valence-corrected chi connectivity index (χ4v) is 7.87. The molecule has 0 aromatic carbocycles. The lowest BCUT2D eigenvalue weighted by Gasteiger charge is -2.60. The Bertz CT molecular complexity index is 798. The molecular formula is C24H37N3O4. The molecule has 31 heavy (non-hydrogen) atoms. The van der Waals surface area contributed by atoms with Gasteiger partial charge in [0.1, 0.15) is 6.04 Å². The zero-order valence-corrected chi connectivity index (χ0v) is 19.0. The molecule has 7 heteroatoms. The van der Waals surface area contributed by atoms with E-state index in [2.05, 4.69) is 25.2 Å². The Labute approximate surface area is 184 Å². The molecule has 3 amide bonds. The molecule has 172 valence electrons. The number of nitrogens with zero attached hydrogens (tertiary/aromatic N) is 1. The Morgan fingerprint density at radius 2 is 1.97 bits per heavy atom. The fourth-order valence-electron chi connectivity index (χ4n) is 7.87. The minimum atomic E-state index is -1.01. The third-order valence-electron chi connectivity index (χ3n) is 9.62. The van der Waals surface area contributed by atoms with Gasteiger partial charge in [0.2, 0.25) is 17.7 Å². The van der Waals surface area contributed by atoms with Crippen LogP contribution in [0, 0.1) is 34.5 Å². The van der Waals surface area contributed by atoms with Crippen LogP contribution < -0.4 is 11.1 Å². The van der Waals surface area contributed by atoms with Crippen molar-refractivity contribution in [2.45, 2.75) is 70.9 Å². The summed E-state index contributed by atoms with van der Waals surface area (Å²) in [6.45, 7) is 4.23. The highest BCUT2D eigenvalue weighted by Crippen LogP contribution is 2.65. The first-order chi connectivity index (χ1) is 14.6. The highest BCUT2D eigenvalue weighted by Gasteiger charge is 2.60. The summed E-state index contributed by atoms with van der Waals surface area (Å²) < 4.78 is 0. The minimum Gasteiger partial charge on any atom is -0.394 e. The number of nitrogens with two attached hydrogens (primary N) is 1. The third-order valence-corrected chi connectivity index (χ3v) is 9.62. The van der Waals surface area contributed by atoms with Crippen molar-refractivity contribution < 1.29 is 19.5 Å². The molecule has 3 fully saturated rings. The van der Waals surface area contributed by atoms with E-state index in [1.54, 1.807) is 6.08 Å². The Morgan fingerprint density at radius 3 is 2.65 bits per heavy atom. The van der Waals surface area contributed by atoms with E-state index in [-0.39, 0.29) is 34.6 Å². The molecule has 0 aromatic heterocycles. The highest BCUT2D eigenvalue weighted by molar-refractivity contribution is 5.89. The number of amides is 3. The molecule has 3 aliphatic carbocycles. The summed E-state index contributed by atoms with van der Waals surface area (Å²) in [5.41, 5.74) is 5.39. The molecule has 1 heterocycles. The summed E-state index contributed by atoms with van der Waals surface area (Å²) in [7, 11) is 1.94. The van der Waals surface area contributed by atoms with Crippen LogP contribution in [0.4, 0.5) is 0 Å². The molecule has 8 atom stereocenters. The van der Waals surface area contributed by atoms with Crippen LogP contribution in [0.1, 0.15) is 58.8 Å². The van der Waals surface area contributed by atoms with Crippen molar-refractivity contribution in [3.05, 3.63) is 12.2 Å². The van der Waals surface area contributed by atoms with Gasteiger partial charge in [0, 0.05) is 24.9 Å². The lowest BCUT2D eigenvalue weighted by molar-refractivity contribution is -0.139. The Morgan fingerprint density at radius 1 is 1.23 bits per heavy atom. The van der Waals surface area contributed by atoms with E-state index >= 15 is 0 Å². The molecule has 1 aliphatic heterocycles. The molecule has 1 unspecified atom stereocenters. The minimum absolute atomic E-state index is 0.0260. The number of carbonyl (C=O) groups excluding carboxylic acids is 3. The molecule has 0 saturated heterocycles. The molecule has 0 bridgehead atoms. The molecule has 4 N–H and O–H groups in total. The SMILES string of the molecule is CN1C(=O)C=C[C@]2(C)[C@H]3CC[C@]4(C)[C@@H](CC(=O)NC(CO)C(N)=O)CC[C@H]4[C@@H]3CC[C@@H]12. The van der Waals surface area contributed by atoms with Gasteiger partial charge < -0.3 is 21.1 Å². The number of hydrogen-bond acceptors (Lipinski definition) is 4. The van der Waals surface area contributed by atoms with E-state index in [4.69, 9.17) is 5.73 Å². The molecule has 3 saturated carbocycles. The van der Waals surface area contributed by atoms with Gasteiger partial charge in [-0.25, -0.2) is 0 Å². The zero-order valence-electron chi connectivity index (χ0n) is 19.0. The van der Waals surface area contributed by atoms with Crippen molar-refractivity contribution in [1.82, 2.24) is 10.2 Å². The molecule has 4 aliphatic rings. The summed E-state index contributed by atoms with van der Waals surface area (Å²) in [4.78, 5) is 38.1. The van der Waals surface area contributed by atoms with Crippen molar-refractivity contribution >= 4 is 17.7 Å². The predicted octanol–water partition coefficient (Wildman–Crippen LogP) is 1.59. The van der Waals surface area contributed by atoms with Gasteiger partial charge in [0.05, 0.1) is 6.61 Å². The van der Waals surface area contributed by atoms with E-state index in [1.807, 2.05) is 11.9 Å². The van der Waals surface area contributed by atoms with Crippen LogP contribution in [0.5, 0.6) is 0 Å². The third kappa shape index (κ3) is 3.49. The number of rotatable bonds is 5. The van der Waals surface area contributed by atoms with Gasteiger partial charge in [0.25, 0.3) is 0 Å². The monoisotopic (exact) mass is 431 g/mol. The van der Waals surface area contributed by atoms with Crippen molar-refractivity contribution in [3.8, 4) is 0 Å². The lowest BCUT2D eigenvalue weighted by atomic mass is 9.47. The number of primary amides is 1. The van der Waals surface area contributed by atoms with Crippen molar-refractivity contribution in [1.29, 1.82) is 0 Å². The summed E-state index contributed by atoms with van der Waals surface area (Å²) in [5, 5.41) is 11.9. The van der Waals surface area contributed by atoms with Crippen molar-refractivity contribution in [2.75, 3.05) is 13.7 Å². The highest BCUT2D eigenvalue weighted by atomic mass is 16.3. The first kappa shape index (κ1) is 22.3. The van der Waals surface area contributed by atoms with Crippen LogP contribution in [-0.2, 0) is 14.4 Å². The number of hydrogen-bond donors (Lipinski definition) is 3. The van der Waals surface area contributed by atoms with Gasteiger partial charge in [-0.3, -0.25) is 14.4 Å². The van der Waals surface area contributed by atoms with Crippen LogP contribution >= 0.6 is 0 Å². The van der Waals surface area contributed by atoms with Crippen molar-refractivity contribution in [3.63, 3.8) is 0 Å². The second-order valence-electron chi connectivity index (χ2n) is 10.8. The fraction of sp³-hybridized carbons (Fsp3) is 0.792. The van der Waals surface area contributed by atoms with Crippen LogP contribution in [0.25, 0.3) is 0 Å². The molecule has 4 rings (SSSR count). The number of aliphatic hydroxyl groups is 1. The van der Waals surface area contributed by atoms with Gasteiger partial charge in [-0.2, -0.15) is 0 Å². The average molecular weight is 432 g/mol. The number of likely N-dealkylation sites (N-methyl/N-ethyl adjacent to an activating group) is 1. The standard InChI is InChI=1S/C24H37N3O4/c1-23-10-8-17-15(5-7-19-24(17,2)11-9-21(30)27(19)3)16(23)6-4-14(23)12-20(29)26-18(13-28)22(25)31/h9,11,14-19,28H,4-8,10,12-13H2,1-3H3,(H2,25,31)(H,26,29)/t14-,15+,16+,17+,18?,19-,23-,24-/m1/s1. The second kappa shape index (κ2) is 7.91. The number of fused-ring (bicyclic) bond motifs is 5. The van der Waals surface area contributed by atoms with Gasteiger partial charge in [-0.1, -0.05) is 19.9 Å². The molecule has 7 nitrogen and oxygen atoms in total. The number of carbonyl (C=O) groups is 3. The predicted molar refractivity (Wildman–Crippen MR) is 116 cm³/mol.